The lowest BCUT2D eigenvalue weighted by Gasteiger charge is -2.06. The van der Waals surface area contributed by atoms with Gasteiger partial charge < -0.3 is 5.32 Å². The molecule has 4 aromatic rings. The molecule has 0 aliphatic carbocycles. The molecular weight excluding hydrogens is 302 g/mol. The van der Waals surface area contributed by atoms with Gasteiger partial charge in [-0.05, 0) is 36.2 Å². The van der Waals surface area contributed by atoms with Crippen LogP contribution in [-0.2, 0) is 0 Å². The second-order valence-corrected chi connectivity index (χ2v) is 6.44. The molecular formula is C19H15N3S. The Morgan fingerprint density at radius 3 is 2.61 bits per heavy atom. The van der Waals surface area contributed by atoms with Crippen molar-refractivity contribution in [2.45, 2.75) is 6.92 Å². The van der Waals surface area contributed by atoms with Crippen LogP contribution in [0.2, 0.25) is 0 Å². The Morgan fingerprint density at radius 1 is 0.913 bits per heavy atom. The van der Waals surface area contributed by atoms with Gasteiger partial charge in [0.2, 0.25) is 0 Å². The van der Waals surface area contributed by atoms with E-state index >= 15 is 0 Å². The predicted octanol–water partition coefficient (Wildman–Crippen LogP) is 5.41. The van der Waals surface area contributed by atoms with E-state index in [9.17, 15) is 0 Å². The first-order valence-electron chi connectivity index (χ1n) is 7.43. The molecule has 0 unspecified atom stereocenters. The summed E-state index contributed by atoms with van der Waals surface area (Å²) in [6.45, 7) is 2.08. The summed E-state index contributed by atoms with van der Waals surface area (Å²) in [6.07, 6.45) is 1.62. The zero-order valence-electron chi connectivity index (χ0n) is 12.7. The van der Waals surface area contributed by atoms with Gasteiger partial charge in [-0.1, -0.05) is 42.5 Å². The van der Waals surface area contributed by atoms with Crippen LogP contribution in [0.15, 0.2) is 67.0 Å². The molecule has 1 N–H and O–H groups in total. The number of hydrogen-bond acceptors (Lipinski definition) is 4. The van der Waals surface area contributed by atoms with Crippen LogP contribution in [0.4, 0.5) is 11.5 Å². The average Bonchev–Trinajstić information content (AvgIpc) is 3.01. The first-order valence-corrected chi connectivity index (χ1v) is 8.25. The normalized spacial score (nSPS) is 10.8. The van der Waals surface area contributed by atoms with Crippen molar-refractivity contribution in [1.82, 2.24) is 9.97 Å². The minimum Gasteiger partial charge on any atom is -0.340 e. The van der Waals surface area contributed by atoms with Crippen molar-refractivity contribution in [1.29, 1.82) is 0 Å². The van der Waals surface area contributed by atoms with E-state index in [2.05, 4.69) is 64.7 Å². The Labute approximate surface area is 138 Å². The molecule has 112 valence electrons. The molecule has 4 rings (SSSR count). The molecule has 0 spiro atoms. The van der Waals surface area contributed by atoms with Gasteiger partial charge in [-0.3, -0.25) is 0 Å². The molecule has 0 aliphatic rings. The van der Waals surface area contributed by atoms with Crippen molar-refractivity contribution in [2.75, 3.05) is 5.32 Å². The number of aromatic nitrogens is 2. The highest BCUT2D eigenvalue weighted by molar-refractivity contribution is 7.21. The van der Waals surface area contributed by atoms with Gasteiger partial charge in [-0.25, -0.2) is 9.97 Å². The minimum absolute atomic E-state index is 0.846. The van der Waals surface area contributed by atoms with Crippen LogP contribution >= 0.6 is 11.3 Å². The fraction of sp³-hybridized carbons (Fsp3) is 0.0526. The van der Waals surface area contributed by atoms with E-state index in [0.717, 1.165) is 21.7 Å². The zero-order valence-corrected chi connectivity index (χ0v) is 13.5. The van der Waals surface area contributed by atoms with E-state index in [1.807, 2.05) is 18.2 Å². The Balaban J connectivity index is 1.77. The summed E-state index contributed by atoms with van der Waals surface area (Å²) in [6, 6.07) is 20.8. The first-order chi connectivity index (χ1) is 11.3. The van der Waals surface area contributed by atoms with Crippen molar-refractivity contribution in [2.24, 2.45) is 0 Å². The molecule has 3 nitrogen and oxygen atoms in total. The van der Waals surface area contributed by atoms with E-state index in [1.54, 1.807) is 17.7 Å². The highest BCUT2D eigenvalue weighted by atomic mass is 32.1. The molecule has 2 heterocycles. The Bertz CT molecular complexity index is 961. The Hall–Kier alpha value is -2.72. The molecule has 0 fully saturated rings. The summed E-state index contributed by atoms with van der Waals surface area (Å²) in [5, 5.41) is 4.46. The molecule has 23 heavy (non-hydrogen) atoms. The van der Waals surface area contributed by atoms with Crippen LogP contribution in [0.5, 0.6) is 0 Å². The number of anilines is 2. The van der Waals surface area contributed by atoms with Crippen LogP contribution in [0.3, 0.4) is 0 Å². The van der Waals surface area contributed by atoms with E-state index in [1.165, 1.54) is 16.0 Å². The number of aryl methyl sites for hydroxylation is 1. The number of fused-ring (bicyclic) bond motifs is 1. The Kier molecular flexibility index (Phi) is 3.52. The molecule has 0 saturated carbocycles. The molecule has 0 aliphatic heterocycles. The maximum Gasteiger partial charge on any atom is 0.142 e. The van der Waals surface area contributed by atoms with E-state index < -0.39 is 0 Å². The molecule has 4 heteroatoms. The summed E-state index contributed by atoms with van der Waals surface area (Å²) >= 11 is 1.69. The van der Waals surface area contributed by atoms with Crippen molar-refractivity contribution >= 4 is 33.1 Å². The van der Waals surface area contributed by atoms with Crippen molar-refractivity contribution < 1.29 is 0 Å². The summed E-state index contributed by atoms with van der Waals surface area (Å²) in [7, 11) is 0. The largest absolute Gasteiger partial charge is 0.340 e. The summed E-state index contributed by atoms with van der Waals surface area (Å²) in [5.74, 6) is 0.846. The van der Waals surface area contributed by atoms with Crippen LogP contribution in [0.1, 0.15) is 5.56 Å². The number of nitrogens with one attached hydrogen (secondary N) is 1. The van der Waals surface area contributed by atoms with E-state index in [-0.39, 0.29) is 0 Å². The van der Waals surface area contributed by atoms with Crippen molar-refractivity contribution in [3.63, 3.8) is 0 Å². The lowest BCUT2D eigenvalue weighted by molar-refractivity contribution is 1.23. The lowest BCUT2D eigenvalue weighted by atomic mass is 10.2. The molecule has 2 aromatic carbocycles. The molecule has 0 amide bonds. The number of thiophene rings is 1. The van der Waals surface area contributed by atoms with Gasteiger partial charge in [-0.15, -0.1) is 11.3 Å². The van der Waals surface area contributed by atoms with Crippen LogP contribution in [0.25, 0.3) is 20.7 Å². The number of hydrogen-bond donors (Lipinski definition) is 1. The molecule has 0 atom stereocenters. The first kappa shape index (κ1) is 13.9. The van der Waals surface area contributed by atoms with Crippen molar-refractivity contribution in [3.05, 3.63) is 72.6 Å². The summed E-state index contributed by atoms with van der Waals surface area (Å²) in [4.78, 5) is 11.0. The second-order valence-electron chi connectivity index (χ2n) is 5.41. The van der Waals surface area contributed by atoms with Gasteiger partial charge in [0.25, 0.3) is 0 Å². The lowest BCUT2D eigenvalue weighted by Crippen LogP contribution is -1.94. The molecule has 0 saturated heterocycles. The topological polar surface area (TPSA) is 37.8 Å². The maximum absolute atomic E-state index is 4.42. The van der Waals surface area contributed by atoms with Gasteiger partial charge in [-0.2, -0.15) is 0 Å². The summed E-state index contributed by atoms with van der Waals surface area (Å²) < 4.78 is 0. The molecule has 0 bridgehead atoms. The highest BCUT2D eigenvalue weighted by Gasteiger charge is 2.10. The van der Waals surface area contributed by atoms with Gasteiger partial charge in [0.15, 0.2) is 0 Å². The van der Waals surface area contributed by atoms with Gasteiger partial charge >= 0.3 is 0 Å². The molecule has 0 radical (unpaired) electrons. The fourth-order valence-electron chi connectivity index (χ4n) is 2.56. The average molecular weight is 317 g/mol. The monoisotopic (exact) mass is 317 g/mol. The standard InChI is InChI=1S/C19H15N3S/c1-13-6-5-9-15(10-13)22-18-16-11-17(14-7-3-2-4-8-14)23-19(16)21-12-20-18/h2-12H,1H3,(H,20,21,22). The maximum atomic E-state index is 4.42. The van der Waals surface area contributed by atoms with Gasteiger partial charge in [0.05, 0.1) is 5.39 Å². The third-order valence-electron chi connectivity index (χ3n) is 3.67. The third-order valence-corrected chi connectivity index (χ3v) is 4.76. The molecule has 2 aromatic heterocycles. The smallest absolute Gasteiger partial charge is 0.142 e. The number of rotatable bonds is 3. The van der Waals surface area contributed by atoms with Crippen LogP contribution in [0, 0.1) is 6.92 Å². The fourth-order valence-corrected chi connectivity index (χ4v) is 3.56. The quantitative estimate of drug-likeness (QED) is 0.549. The van der Waals surface area contributed by atoms with Crippen LogP contribution < -0.4 is 5.32 Å². The Morgan fingerprint density at radius 2 is 1.78 bits per heavy atom. The number of nitrogens with zero attached hydrogens (tertiary/aromatic N) is 2. The van der Waals surface area contributed by atoms with Crippen LogP contribution in [-0.4, -0.2) is 9.97 Å². The zero-order chi connectivity index (χ0) is 15.6. The van der Waals surface area contributed by atoms with Gasteiger partial charge in [0.1, 0.15) is 17.0 Å². The van der Waals surface area contributed by atoms with Gasteiger partial charge in [0, 0.05) is 10.6 Å². The van der Waals surface area contributed by atoms with Crippen molar-refractivity contribution in [3.8, 4) is 10.4 Å². The van der Waals surface area contributed by atoms with E-state index in [4.69, 9.17) is 0 Å². The summed E-state index contributed by atoms with van der Waals surface area (Å²) in [5.41, 5.74) is 3.46. The SMILES string of the molecule is Cc1cccc(Nc2ncnc3sc(-c4ccccc4)cc23)c1. The van der Waals surface area contributed by atoms with E-state index in [0.29, 0.717) is 0 Å². The minimum atomic E-state index is 0.846. The second kappa shape index (κ2) is 5.82. The number of benzene rings is 2. The highest BCUT2D eigenvalue weighted by Crippen LogP contribution is 2.35. The predicted molar refractivity (Wildman–Crippen MR) is 97.3 cm³/mol. The third kappa shape index (κ3) is 2.81.